The SMILES string of the molecule is COC(=O)[C@@H](Nc1nc(CN2CCN(Cc3ccc(SC)cc3)CC2)nc2ccccc12)C(C)C. The highest BCUT2D eigenvalue weighted by Crippen LogP contribution is 2.23. The van der Waals surface area contributed by atoms with Crippen molar-refractivity contribution in [2.24, 2.45) is 5.92 Å². The molecule has 1 saturated heterocycles. The number of esters is 1. The molecule has 1 fully saturated rings. The van der Waals surface area contributed by atoms with Gasteiger partial charge >= 0.3 is 5.97 Å². The molecule has 1 aliphatic heterocycles. The standard InChI is InChI=1S/C27H35N5O2S/c1-19(2)25(27(33)34-3)30-26-22-7-5-6-8-23(22)28-24(29-26)18-32-15-13-31(14-16-32)17-20-9-11-21(35-4)12-10-20/h5-12,19,25H,13-18H2,1-4H3,(H,28,29,30)/t25-/m0/s1. The second kappa shape index (κ2) is 11.8. The number of benzene rings is 2. The van der Waals surface area contributed by atoms with Gasteiger partial charge in [0, 0.05) is 43.0 Å². The highest BCUT2D eigenvalue weighted by molar-refractivity contribution is 7.98. The average molecular weight is 494 g/mol. The molecule has 0 radical (unpaired) electrons. The lowest BCUT2D eigenvalue weighted by atomic mass is 10.0. The Labute approximate surface area is 212 Å². The minimum absolute atomic E-state index is 0.0598. The lowest BCUT2D eigenvalue weighted by Gasteiger charge is -2.34. The van der Waals surface area contributed by atoms with Gasteiger partial charge in [0.15, 0.2) is 0 Å². The summed E-state index contributed by atoms with van der Waals surface area (Å²) < 4.78 is 5.02. The van der Waals surface area contributed by atoms with Gasteiger partial charge in [-0.05, 0) is 42.0 Å². The number of nitrogens with zero attached hydrogens (tertiary/aromatic N) is 4. The van der Waals surface area contributed by atoms with Gasteiger partial charge in [-0.1, -0.05) is 38.1 Å². The van der Waals surface area contributed by atoms with Crippen LogP contribution in [0.1, 0.15) is 25.2 Å². The summed E-state index contributed by atoms with van der Waals surface area (Å²) in [6.07, 6.45) is 2.11. The van der Waals surface area contributed by atoms with Crippen LogP contribution in [0, 0.1) is 5.92 Å². The number of methoxy groups -OCH3 is 1. The number of rotatable bonds is 9. The Bertz CT molecular complexity index is 1130. The Morgan fingerprint density at radius 3 is 2.29 bits per heavy atom. The fourth-order valence-electron chi connectivity index (χ4n) is 4.37. The summed E-state index contributed by atoms with van der Waals surface area (Å²) in [7, 11) is 1.42. The van der Waals surface area contributed by atoms with Crippen LogP contribution in [0.2, 0.25) is 0 Å². The Hall–Kier alpha value is -2.68. The first-order valence-electron chi connectivity index (χ1n) is 12.1. The third-order valence-corrected chi connectivity index (χ3v) is 7.20. The molecule has 3 aromatic rings. The number of aromatic nitrogens is 2. The number of carbonyl (C=O) groups is 1. The Morgan fingerprint density at radius 2 is 1.66 bits per heavy atom. The van der Waals surface area contributed by atoms with Crippen molar-refractivity contribution >= 4 is 34.5 Å². The maximum atomic E-state index is 12.3. The number of carbonyl (C=O) groups excluding carboxylic acids is 1. The van der Waals surface area contributed by atoms with Gasteiger partial charge in [0.1, 0.15) is 17.7 Å². The predicted molar refractivity (Wildman–Crippen MR) is 143 cm³/mol. The Balaban J connectivity index is 1.43. The van der Waals surface area contributed by atoms with Gasteiger partial charge in [0.25, 0.3) is 0 Å². The first-order chi connectivity index (χ1) is 17.0. The molecule has 0 unspecified atom stereocenters. The molecule has 2 aromatic carbocycles. The number of thioether (sulfide) groups is 1. The summed E-state index contributed by atoms with van der Waals surface area (Å²) in [5.74, 6) is 1.22. The molecule has 0 saturated carbocycles. The van der Waals surface area contributed by atoms with E-state index in [1.807, 2.05) is 38.1 Å². The molecule has 7 nitrogen and oxygen atoms in total. The van der Waals surface area contributed by atoms with Crippen LogP contribution in [0.15, 0.2) is 53.4 Å². The van der Waals surface area contributed by atoms with Crippen molar-refractivity contribution < 1.29 is 9.53 Å². The zero-order valence-corrected chi connectivity index (χ0v) is 21.8. The van der Waals surface area contributed by atoms with Crippen LogP contribution >= 0.6 is 11.8 Å². The lowest BCUT2D eigenvalue weighted by Crippen LogP contribution is -2.45. The molecule has 1 atom stereocenters. The third-order valence-electron chi connectivity index (χ3n) is 6.46. The van der Waals surface area contributed by atoms with Crippen molar-refractivity contribution in [2.75, 3.05) is 44.9 Å². The van der Waals surface area contributed by atoms with Crippen molar-refractivity contribution in [3.8, 4) is 0 Å². The molecule has 1 aliphatic rings. The van der Waals surface area contributed by atoms with Gasteiger partial charge in [-0.25, -0.2) is 14.8 Å². The van der Waals surface area contributed by atoms with Crippen LogP contribution < -0.4 is 5.32 Å². The number of hydrogen-bond acceptors (Lipinski definition) is 8. The Morgan fingerprint density at radius 1 is 1.00 bits per heavy atom. The van der Waals surface area contributed by atoms with E-state index in [4.69, 9.17) is 14.7 Å². The molecule has 0 aliphatic carbocycles. The van der Waals surface area contributed by atoms with Crippen LogP contribution in [0.4, 0.5) is 5.82 Å². The molecule has 0 amide bonds. The number of fused-ring (bicyclic) bond motifs is 1. The van der Waals surface area contributed by atoms with Crippen LogP contribution in [0.5, 0.6) is 0 Å². The number of piperazine rings is 1. The first kappa shape index (κ1) is 25.4. The number of anilines is 1. The monoisotopic (exact) mass is 493 g/mol. The fraction of sp³-hybridized carbons (Fsp3) is 0.444. The van der Waals surface area contributed by atoms with E-state index >= 15 is 0 Å². The van der Waals surface area contributed by atoms with Gasteiger partial charge in [0.2, 0.25) is 0 Å². The maximum Gasteiger partial charge on any atom is 0.328 e. The van der Waals surface area contributed by atoms with Crippen LogP contribution in [-0.2, 0) is 22.6 Å². The number of ether oxygens (including phenoxy) is 1. The highest BCUT2D eigenvalue weighted by atomic mass is 32.2. The van der Waals surface area contributed by atoms with Gasteiger partial charge in [0.05, 0.1) is 19.2 Å². The van der Waals surface area contributed by atoms with E-state index in [9.17, 15) is 4.79 Å². The van der Waals surface area contributed by atoms with Crippen molar-refractivity contribution in [1.82, 2.24) is 19.8 Å². The number of hydrogen-bond donors (Lipinski definition) is 1. The second-order valence-corrected chi connectivity index (χ2v) is 10.2. The Kier molecular flexibility index (Phi) is 8.59. The molecule has 0 bridgehead atoms. The van der Waals surface area contributed by atoms with Crippen molar-refractivity contribution in [3.63, 3.8) is 0 Å². The minimum atomic E-state index is -0.473. The molecular weight excluding hydrogens is 458 g/mol. The molecule has 1 aromatic heterocycles. The van der Waals surface area contributed by atoms with Crippen molar-refractivity contribution in [2.45, 2.75) is 37.9 Å². The third kappa shape index (κ3) is 6.51. The summed E-state index contributed by atoms with van der Waals surface area (Å²) in [4.78, 5) is 28.2. The zero-order valence-electron chi connectivity index (χ0n) is 21.0. The van der Waals surface area contributed by atoms with E-state index in [1.54, 1.807) is 11.8 Å². The summed E-state index contributed by atoms with van der Waals surface area (Å²) in [6.45, 7) is 9.62. The molecule has 35 heavy (non-hydrogen) atoms. The molecule has 0 spiro atoms. The average Bonchev–Trinajstić information content (AvgIpc) is 2.88. The second-order valence-electron chi connectivity index (χ2n) is 9.30. The van der Waals surface area contributed by atoms with Crippen LogP contribution in [0.3, 0.4) is 0 Å². The number of nitrogens with one attached hydrogen (secondary N) is 1. The summed E-state index contributed by atoms with van der Waals surface area (Å²) in [5, 5.41) is 4.24. The van der Waals surface area contributed by atoms with Crippen LogP contribution in [0.25, 0.3) is 10.9 Å². The van der Waals surface area contributed by atoms with E-state index < -0.39 is 6.04 Å². The first-order valence-corrected chi connectivity index (χ1v) is 13.4. The van der Waals surface area contributed by atoms with Gasteiger partial charge in [-0.2, -0.15) is 0 Å². The van der Waals surface area contributed by atoms with Crippen LogP contribution in [-0.4, -0.2) is 71.3 Å². The molecule has 2 heterocycles. The van der Waals surface area contributed by atoms with Gasteiger partial charge in [-0.3, -0.25) is 9.80 Å². The quantitative estimate of drug-likeness (QED) is 0.350. The topological polar surface area (TPSA) is 70.6 Å². The van der Waals surface area contributed by atoms with E-state index in [1.165, 1.54) is 17.6 Å². The lowest BCUT2D eigenvalue weighted by molar-refractivity contribution is -0.142. The normalized spacial score (nSPS) is 15.9. The number of para-hydroxylation sites is 1. The van der Waals surface area contributed by atoms with E-state index in [-0.39, 0.29) is 11.9 Å². The summed E-state index contributed by atoms with van der Waals surface area (Å²) >= 11 is 1.77. The van der Waals surface area contributed by atoms with Gasteiger partial charge < -0.3 is 10.1 Å². The highest BCUT2D eigenvalue weighted by Gasteiger charge is 2.25. The largest absolute Gasteiger partial charge is 0.467 e. The minimum Gasteiger partial charge on any atom is -0.467 e. The summed E-state index contributed by atoms with van der Waals surface area (Å²) in [6, 6.07) is 16.3. The van der Waals surface area contributed by atoms with E-state index in [0.29, 0.717) is 12.4 Å². The molecule has 1 N–H and O–H groups in total. The smallest absolute Gasteiger partial charge is 0.328 e. The molecule has 8 heteroatoms. The molecule has 186 valence electrons. The van der Waals surface area contributed by atoms with Crippen molar-refractivity contribution in [3.05, 3.63) is 59.9 Å². The van der Waals surface area contributed by atoms with E-state index in [2.05, 4.69) is 45.6 Å². The van der Waals surface area contributed by atoms with Crippen molar-refractivity contribution in [1.29, 1.82) is 0 Å². The summed E-state index contributed by atoms with van der Waals surface area (Å²) in [5.41, 5.74) is 2.23. The fourth-order valence-corrected chi connectivity index (χ4v) is 4.78. The molecule has 4 rings (SSSR count). The molecular formula is C27H35N5O2S. The zero-order chi connectivity index (χ0) is 24.8. The van der Waals surface area contributed by atoms with Gasteiger partial charge in [-0.15, -0.1) is 11.8 Å². The van der Waals surface area contributed by atoms with E-state index in [0.717, 1.165) is 49.5 Å². The predicted octanol–water partition coefficient (Wildman–Crippen LogP) is 4.28. The maximum absolute atomic E-state index is 12.3.